The van der Waals surface area contributed by atoms with Crippen molar-refractivity contribution in [3.05, 3.63) is 42.2 Å². The van der Waals surface area contributed by atoms with Crippen molar-refractivity contribution in [2.24, 2.45) is 17.8 Å². The van der Waals surface area contributed by atoms with Crippen molar-refractivity contribution in [2.75, 3.05) is 14.2 Å². The Kier molecular flexibility index (Phi) is 10.4. The van der Waals surface area contributed by atoms with Crippen LogP contribution in [0.25, 0.3) is 0 Å². The van der Waals surface area contributed by atoms with Gasteiger partial charge in [0.2, 0.25) is 0 Å². The zero-order chi connectivity index (χ0) is 21.2. The first-order valence-corrected chi connectivity index (χ1v) is 13.6. The maximum Gasteiger partial charge on any atom is 0.129 e. The first-order chi connectivity index (χ1) is 13.2. The summed E-state index contributed by atoms with van der Waals surface area (Å²) in [5.74, 6) is 5.37. The molecule has 0 spiro atoms. The van der Waals surface area contributed by atoms with E-state index < -0.39 is 8.07 Å². The van der Waals surface area contributed by atoms with Crippen molar-refractivity contribution < 1.29 is 14.2 Å². The van der Waals surface area contributed by atoms with E-state index in [4.69, 9.17) is 14.2 Å². The number of methoxy groups -OCH3 is 2. The fraction of sp³-hybridized carbons (Fsp3) is 0.583. The molecule has 4 atom stereocenters. The lowest BCUT2D eigenvalue weighted by Gasteiger charge is -2.29. The van der Waals surface area contributed by atoms with Gasteiger partial charge in [0.1, 0.15) is 13.8 Å². The van der Waals surface area contributed by atoms with E-state index in [0.717, 1.165) is 17.7 Å². The van der Waals surface area contributed by atoms with Crippen LogP contribution in [0.15, 0.2) is 36.6 Å². The lowest BCUT2D eigenvalue weighted by molar-refractivity contribution is -0.0187. The highest BCUT2D eigenvalue weighted by atomic mass is 28.3. The Bertz CT molecular complexity index is 649. The molecule has 0 unspecified atom stereocenters. The third kappa shape index (κ3) is 9.48. The monoisotopic (exact) mass is 402 g/mol. The van der Waals surface area contributed by atoms with E-state index in [1.165, 1.54) is 0 Å². The molecule has 1 aromatic rings. The molecule has 1 aromatic carbocycles. The summed E-state index contributed by atoms with van der Waals surface area (Å²) in [4.78, 5) is 0. The topological polar surface area (TPSA) is 27.7 Å². The molecule has 0 aliphatic heterocycles. The Morgan fingerprint density at radius 1 is 1.04 bits per heavy atom. The van der Waals surface area contributed by atoms with Gasteiger partial charge in [0.25, 0.3) is 0 Å². The summed E-state index contributed by atoms with van der Waals surface area (Å²) in [6.07, 6.45) is 4.99. The minimum absolute atomic E-state index is 0.0874. The van der Waals surface area contributed by atoms with E-state index in [9.17, 15) is 0 Å². The molecule has 0 fully saturated rings. The molecule has 0 saturated heterocycles. The molecule has 28 heavy (non-hydrogen) atoms. The normalized spacial score (nSPS) is 16.0. The summed E-state index contributed by atoms with van der Waals surface area (Å²) in [6.45, 7) is 14.1. The summed E-state index contributed by atoms with van der Waals surface area (Å²) < 4.78 is 16.7. The molecule has 0 saturated carbocycles. The summed E-state index contributed by atoms with van der Waals surface area (Å²) in [5, 5.41) is 0. The second-order valence-corrected chi connectivity index (χ2v) is 13.4. The van der Waals surface area contributed by atoms with Crippen LogP contribution in [0.4, 0.5) is 0 Å². The lowest BCUT2D eigenvalue weighted by atomic mass is 9.87. The number of benzene rings is 1. The first kappa shape index (κ1) is 24.3. The molecule has 0 radical (unpaired) electrons. The van der Waals surface area contributed by atoms with Crippen LogP contribution in [0.1, 0.15) is 32.8 Å². The van der Waals surface area contributed by atoms with Gasteiger partial charge in [0.15, 0.2) is 0 Å². The van der Waals surface area contributed by atoms with Gasteiger partial charge in [-0.05, 0) is 49.0 Å². The van der Waals surface area contributed by atoms with Gasteiger partial charge in [-0.1, -0.05) is 45.6 Å². The molecule has 0 amide bonds. The molecular weight excluding hydrogens is 364 g/mol. The largest absolute Gasteiger partial charge is 0.505 e. The Balaban J connectivity index is 2.88. The predicted molar refractivity (Wildman–Crippen MR) is 121 cm³/mol. The second-order valence-electron chi connectivity index (χ2n) is 8.69. The highest BCUT2D eigenvalue weighted by Crippen LogP contribution is 2.25. The molecule has 3 nitrogen and oxygen atoms in total. The molecule has 4 heteroatoms. The van der Waals surface area contributed by atoms with E-state index in [1.807, 2.05) is 12.1 Å². The maximum absolute atomic E-state index is 6.41. The Hall–Kier alpha value is -1.70. The lowest BCUT2D eigenvalue weighted by Crippen LogP contribution is -2.30. The predicted octanol–water partition coefficient (Wildman–Crippen LogP) is 5.92. The number of ether oxygens (including phenoxy) is 3. The van der Waals surface area contributed by atoms with E-state index >= 15 is 0 Å². The molecule has 0 bridgehead atoms. The van der Waals surface area contributed by atoms with Gasteiger partial charge in [-0.15, -0.1) is 11.5 Å². The highest BCUT2D eigenvalue weighted by molar-refractivity contribution is 6.83. The van der Waals surface area contributed by atoms with Gasteiger partial charge in [0.05, 0.1) is 33.2 Å². The van der Waals surface area contributed by atoms with Gasteiger partial charge < -0.3 is 14.2 Å². The van der Waals surface area contributed by atoms with Crippen molar-refractivity contribution in [3.63, 3.8) is 0 Å². The molecule has 0 N–H and O–H groups in total. The van der Waals surface area contributed by atoms with Crippen LogP contribution in [-0.4, -0.2) is 28.4 Å². The van der Waals surface area contributed by atoms with Crippen LogP contribution in [0.3, 0.4) is 0 Å². The molecule has 0 heterocycles. The maximum atomic E-state index is 6.41. The number of hydrogen-bond donors (Lipinski definition) is 0. The van der Waals surface area contributed by atoms with Gasteiger partial charge in [0, 0.05) is 5.92 Å². The Labute approximate surface area is 173 Å². The molecule has 0 aliphatic carbocycles. The fourth-order valence-corrected chi connectivity index (χ4v) is 3.80. The summed E-state index contributed by atoms with van der Waals surface area (Å²) in [5.41, 5.74) is 4.67. The SMILES string of the molecule is CO/C=C/[C@H](C)C[C@H](C)[C@@H](OCc1ccc(OC)cc1)[C@@H](C)C#C[Si](C)(C)C. The van der Waals surface area contributed by atoms with Crippen molar-refractivity contribution in [1.82, 2.24) is 0 Å². The summed E-state index contributed by atoms with van der Waals surface area (Å²) >= 11 is 0. The molecular formula is C24H38O3Si. The van der Waals surface area contributed by atoms with Crippen molar-refractivity contribution in [2.45, 2.75) is 59.5 Å². The fourth-order valence-electron chi connectivity index (χ4n) is 3.14. The van der Waals surface area contributed by atoms with Crippen LogP contribution in [0, 0.1) is 29.2 Å². The van der Waals surface area contributed by atoms with Crippen molar-refractivity contribution >= 4 is 8.07 Å². The second kappa shape index (κ2) is 12.0. The first-order valence-electron chi connectivity index (χ1n) is 10.1. The van der Waals surface area contributed by atoms with Gasteiger partial charge in [-0.2, -0.15) is 0 Å². The Morgan fingerprint density at radius 3 is 2.21 bits per heavy atom. The number of hydrogen-bond acceptors (Lipinski definition) is 3. The Morgan fingerprint density at radius 2 is 1.68 bits per heavy atom. The molecule has 1 rings (SSSR count). The van der Waals surface area contributed by atoms with Gasteiger partial charge in [-0.3, -0.25) is 0 Å². The highest BCUT2D eigenvalue weighted by Gasteiger charge is 2.25. The minimum Gasteiger partial charge on any atom is -0.505 e. The van der Waals surface area contributed by atoms with Crippen molar-refractivity contribution in [1.29, 1.82) is 0 Å². The standard InChI is InChI=1S/C24H38O3Si/c1-19(13-15-25-4)17-21(3)24(20(2)14-16-28(6,7)8)27-18-22-9-11-23(26-5)12-10-22/h9-13,15,19-21,24H,17-18H2,1-8H3/b15-13+/t19-,20-,21-,24-/m0/s1. The third-order valence-corrected chi connectivity index (χ3v) is 5.51. The smallest absolute Gasteiger partial charge is 0.129 e. The van der Waals surface area contributed by atoms with Crippen LogP contribution < -0.4 is 4.74 Å². The minimum atomic E-state index is -1.41. The number of rotatable bonds is 10. The van der Waals surface area contributed by atoms with Crippen LogP contribution in [0.2, 0.25) is 19.6 Å². The van der Waals surface area contributed by atoms with E-state index in [1.54, 1.807) is 20.5 Å². The van der Waals surface area contributed by atoms with Crippen LogP contribution in [-0.2, 0) is 16.1 Å². The van der Waals surface area contributed by atoms with E-state index in [2.05, 4.69) is 70.1 Å². The van der Waals surface area contributed by atoms with Gasteiger partial charge >= 0.3 is 0 Å². The zero-order valence-electron chi connectivity index (χ0n) is 18.9. The molecule has 0 aromatic heterocycles. The average molecular weight is 403 g/mol. The summed E-state index contributed by atoms with van der Waals surface area (Å²) in [6, 6.07) is 8.07. The third-order valence-electron chi connectivity index (χ3n) is 4.62. The average Bonchev–Trinajstić information content (AvgIpc) is 2.64. The number of allylic oxidation sites excluding steroid dienone is 1. The quantitative estimate of drug-likeness (QED) is 0.276. The molecule has 0 aliphatic rings. The van der Waals surface area contributed by atoms with Crippen LogP contribution >= 0.6 is 0 Å². The summed E-state index contributed by atoms with van der Waals surface area (Å²) in [7, 11) is 1.96. The van der Waals surface area contributed by atoms with E-state index in [0.29, 0.717) is 18.4 Å². The van der Waals surface area contributed by atoms with Crippen LogP contribution in [0.5, 0.6) is 5.75 Å². The molecule has 156 valence electrons. The van der Waals surface area contributed by atoms with Gasteiger partial charge in [-0.25, -0.2) is 0 Å². The van der Waals surface area contributed by atoms with E-state index in [-0.39, 0.29) is 12.0 Å². The zero-order valence-corrected chi connectivity index (χ0v) is 19.9. The van der Waals surface area contributed by atoms with Crippen molar-refractivity contribution in [3.8, 4) is 17.2 Å².